The lowest BCUT2D eigenvalue weighted by Crippen LogP contribution is -1.89. The third-order valence-corrected chi connectivity index (χ3v) is 4.23. The predicted octanol–water partition coefficient (Wildman–Crippen LogP) is 4.71. The van der Waals surface area contributed by atoms with Crippen LogP contribution in [0.4, 0.5) is 0 Å². The zero-order chi connectivity index (χ0) is 18.7. The van der Waals surface area contributed by atoms with Crippen LogP contribution in [-0.4, -0.2) is 17.8 Å². The van der Waals surface area contributed by atoms with Crippen LogP contribution in [0.3, 0.4) is 0 Å². The molecule has 0 aliphatic rings. The van der Waals surface area contributed by atoms with E-state index < -0.39 is 0 Å². The average molecular weight is 350 g/mol. The second-order valence-electron chi connectivity index (χ2n) is 6.13. The molecule has 0 radical (unpaired) electrons. The van der Waals surface area contributed by atoms with E-state index in [1.54, 1.807) is 6.20 Å². The quantitative estimate of drug-likeness (QED) is 0.531. The molecule has 1 heterocycles. The number of hydrogen-bond acceptors (Lipinski definition) is 1. The average Bonchev–Trinajstić information content (AvgIpc) is 3.25. The molecule has 2 nitrogen and oxygen atoms in total. The Morgan fingerprint density at radius 2 is 1.30 bits per heavy atom. The Morgan fingerprint density at radius 1 is 0.778 bits per heavy atom. The van der Waals surface area contributed by atoms with Crippen molar-refractivity contribution in [3.8, 4) is 0 Å². The Kier molecular flexibility index (Phi) is 6.82. The van der Waals surface area contributed by atoms with Gasteiger partial charge in [0.05, 0.1) is 0 Å². The van der Waals surface area contributed by atoms with Gasteiger partial charge in [-0.3, -0.25) is 0 Å². The standard InChI is InChI=1S/C14H13B.C10H10N2/c15-11-14(12-7-3-1-4-8-12)13-9-5-2-6-10-13;1-2-4-9(5-3-1)8-10-11-6-7-12-10/h1-11H,15H2;1-7H,8H2,(H,11,12). The summed E-state index contributed by atoms with van der Waals surface area (Å²) < 4.78 is 0. The van der Waals surface area contributed by atoms with E-state index in [0.29, 0.717) is 0 Å². The van der Waals surface area contributed by atoms with Gasteiger partial charge in [0, 0.05) is 18.8 Å². The Morgan fingerprint density at radius 3 is 1.74 bits per heavy atom. The molecule has 0 saturated carbocycles. The first kappa shape index (κ1) is 18.5. The highest BCUT2D eigenvalue weighted by atomic mass is 14.9. The SMILES string of the molecule is BC=C(c1ccccc1)c1ccccc1.c1ccc(Cc2ncc[nH]2)cc1. The van der Waals surface area contributed by atoms with Crippen molar-refractivity contribution in [2.45, 2.75) is 6.42 Å². The predicted molar refractivity (Wildman–Crippen MR) is 116 cm³/mol. The second kappa shape index (κ2) is 9.98. The molecule has 0 aliphatic heterocycles. The molecular weight excluding hydrogens is 327 g/mol. The second-order valence-corrected chi connectivity index (χ2v) is 6.13. The van der Waals surface area contributed by atoms with Gasteiger partial charge in [0.25, 0.3) is 0 Å². The molecule has 0 saturated heterocycles. The van der Waals surface area contributed by atoms with Gasteiger partial charge in [0.1, 0.15) is 13.7 Å². The number of rotatable bonds is 4. The molecule has 27 heavy (non-hydrogen) atoms. The summed E-state index contributed by atoms with van der Waals surface area (Å²) in [6, 6.07) is 31.2. The van der Waals surface area contributed by atoms with Gasteiger partial charge in [-0.05, 0) is 22.3 Å². The van der Waals surface area contributed by atoms with Crippen LogP contribution in [0, 0.1) is 0 Å². The van der Waals surface area contributed by atoms with Gasteiger partial charge in [0.2, 0.25) is 0 Å². The molecule has 0 amide bonds. The zero-order valence-electron chi connectivity index (χ0n) is 15.5. The molecule has 3 heteroatoms. The molecular formula is C24H23BN2. The van der Waals surface area contributed by atoms with Crippen LogP contribution in [0.1, 0.15) is 22.5 Å². The Bertz CT molecular complexity index is 890. The molecule has 1 aromatic heterocycles. The molecule has 0 spiro atoms. The molecule has 1 N–H and O–H groups in total. The van der Waals surface area contributed by atoms with Gasteiger partial charge in [-0.2, -0.15) is 0 Å². The van der Waals surface area contributed by atoms with E-state index in [1.807, 2.05) is 36.5 Å². The topological polar surface area (TPSA) is 28.7 Å². The van der Waals surface area contributed by atoms with E-state index in [1.165, 1.54) is 22.3 Å². The maximum atomic E-state index is 4.16. The normalized spacial score (nSPS) is 9.78. The maximum Gasteiger partial charge on any atom is 0.130 e. The summed E-state index contributed by atoms with van der Waals surface area (Å²) in [6.07, 6.45) is 4.50. The third-order valence-electron chi connectivity index (χ3n) is 4.23. The highest BCUT2D eigenvalue weighted by molar-refractivity contribution is 6.21. The largest absolute Gasteiger partial charge is 0.348 e. The molecule has 0 fully saturated rings. The summed E-state index contributed by atoms with van der Waals surface area (Å²) in [5.41, 5.74) is 5.11. The number of nitrogens with one attached hydrogen (secondary N) is 1. The lowest BCUT2D eigenvalue weighted by Gasteiger charge is -2.07. The summed E-state index contributed by atoms with van der Waals surface area (Å²) in [5.74, 6) is 3.17. The van der Waals surface area contributed by atoms with Crippen LogP contribution in [0.2, 0.25) is 0 Å². The summed E-state index contributed by atoms with van der Waals surface area (Å²) in [5, 5.41) is 0. The van der Waals surface area contributed by atoms with Crippen molar-refractivity contribution in [1.29, 1.82) is 0 Å². The van der Waals surface area contributed by atoms with Crippen LogP contribution >= 0.6 is 0 Å². The monoisotopic (exact) mass is 350 g/mol. The fourth-order valence-electron chi connectivity index (χ4n) is 2.92. The van der Waals surface area contributed by atoms with Crippen molar-refractivity contribution in [1.82, 2.24) is 9.97 Å². The van der Waals surface area contributed by atoms with E-state index in [0.717, 1.165) is 12.2 Å². The van der Waals surface area contributed by atoms with Crippen LogP contribution < -0.4 is 0 Å². The highest BCUT2D eigenvalue weighted by Gasteiger charge is 2.01. The van der Waals surface area contributed by atoms with Crippen LogP contribution in [0.15, 0.2) is 109 Å². The summed E-state index contributed by atoms with van der Waals surface area (Å²) >= 11 is 0. The fraction of sp³-hybridized carbons (Fsp3) is 0.0417. The van der Waals surface area contributed by atoms with Crippen LogP contribution in [-0.2, 0) is 6.42 Å². The lowest BCUT2D eigenvalue weighted by molar-refractivity contribution is 1.03. The maximum absolute atomic E-state index is 4.16. The molecule has 3 aromatic carbocycles. The van der Waals surface area contributed by atoms with Gasteiger partial charge in [-0.25, -0.2) is 4.98 Å². The zero-order valence-corrected chi connectivity index (χ0v) is 15.5. The molecule has 0 bridgehead atoms. The number of aromatic amines is 1. The number of nitrogens with zero attached hydrogens (tertiary/aromatic N) is 1. The van der Waals surface area contributed by atoms with E-state index in [4.69, 9.17) is 0 Å². The summed E-state index contributed by atoms with van der Waals surface area (Å²) in [4.78, 5) is 7.23. The first-order chi connectivity index (χ1) is 13.4. The number of imidazole rings is 1. The number of hydrogen-bond donors (Lipinski definition) is 1. The summed E-state index contributed by atoms with van der Waals surface area (Å²) in [7, 11) is 2.08. The van der Waals surface area contributed by atoms with E-state index >= 15 is 0 Å². The van der Waals surface area contributed by atoms with Crippen molar-refractivity contribution in [3.05, 3.63) is 132 Å². The van der Waals surface area contributed by atoms with Crippen LogP contribution in [0.25, 0.3) is 5.57 Å². The van der Waals surface area contributed by atoms with Crippen molar-refractivity contribution in [3.63, 3.8) is 0 Å². The highest BCUT2D eigenvalue weighted by Crippen LogP contribution is 2.21. The molecule has 4 aromatic rings. The van der Waals surface area contributed by atoms with E-state index in [-0.39, 0.29) is 0 Å². The Balaban J connectivity index is 0.000000159. The van der Waals surface area contributed by atoms with Crippen LogP contribution in [0.5, 0.6) is 0 Å². The lowest BCUT2D eigenvalue weighted by atomic mass is 9.92. The minimum absolute atomic E-state index is 0.883. The van der Waals surface area contributed by atoms with Crippen molar-refractivity contribution in [2.75, 3.05) is 0 Å². The van der Waals surface area contributed by atoms with Gasteiger partial charge >= 0.3 is 0 Å². The molecule has 132 valence electrons. The Labute approximate surface area is 162 Å². The number of benzene rings is 3. The summed E-state index contributed by atoms with van der Waals surface area (Å²) in [6.45, 7) is 0. The molecule has 0 aliphatic carbocycles. The van der Waals surface area contributed by atoms with Crippen molar-refractivity contribution in [2.24, 2.45) is 0 Å². The minimum atomic E-state index is 0.883. The van der Waals surface area contributed by atoms with E-state index in [2.05, 4.69) is 84.5 Å². The first-order valence-corrected chi connectivity index (χ1v) is 9.16. The first-order valence-electron chi connectivity index (χ1n) is 9.16. The smallest absolute Gasteiger partial charge is 0.130 e. The Hall–Kier alpha value is -3.33. The van der Waals surface area contributed by atoms with Gasteiger partial charge in [-0.15, -0.1) is 5.98 Å². The van der Waals surface area contributed by atoms with Crippen molar-refractivity contribution >= 4 is 13.4 Å². The van der Waals surface area contributed by atoms with Crippen molar-refractivity contribution < 1.29 is 0 Å². The molecule has 4 rings (SSSR count). The molecule has 0 atom stereocenters. The fourth-order valence-corrected chi connectivity index (χ4v) is 2.92. The van der Waals surface area contributed by atoms with Gasteiger partial charge in [0.15, 0.2) is 0 Å². The molecule has 0 unspecified atom stereocenters. The van der Waals surface area contributed by atoms with E-state index in [9.17, 15) is 0 Å². The van der Waals surface area contributed by atoms with Gasteiger partial charge in [-0.1, -0.05) is 91.0 Å². The van der Waals surface area contributed by atoms with Gasteiger partial charge < -0.3 is 4.98 Å². The number of aromatic nitrogens is 2. The number of H-pyrrole nitrogens is 1. The minimum Gasteiger partial charge on any atom is -0.348 e. The third kappa shape index (κ3) is 5.58.